The third kappa shape index (κ3) is 8.54. The maximum atomic E-state index is 13.3. The molecule has 2 aromatic rings. The second-order valence-corrected chi connectivity index (χ2v) is 10.5. The Morgan fingerprint density at radius 2 is 1.46 bits per heavy atom. The number of anilines is 2. The van der Waals surface area contributed by atoms with E-state index >= 15 is 0 Å². The fraction of sp³-hybridized carbons (Fsp3) is 0.375. The third-order valence-electron chi connectivity index (χ3n) is 6.28. The van der Waals surface area contributed by atoms with Crippen LogP contribution in [-0.2, 0) is 4.74 Å². The predicted molar refractivity (Wildman–Crippen MR) is 161 cm³/mol. The number of amides is 2. The van der Waals surface area contributed by atoms with E-state index in [0.717, 1.165) is 12.0 Å². The lowest BCUT2D eigenvalue weighted by Crippen LogP contribution is -2.17. The molecule has 0 aromatic heterocycles. The molecule has 5 N–H and O–H groups in total. The molecule has 1 atom stereocenters. The first-order chi connectivity index (χ1) is 19.4. The van der Waals surface area contributed by atoms with Crippen LogP contribution in [0.2, 0.25) is 0 Å². The molecule has 41 heavy (non-hydrogen) atoms. The molecule has 0 spiro atoms. The van der Waals surface area contributed by atoms with Gasteiger partial charge in [0, 0.05) is 23.2 Å². The molecule has 0 bridgehead atoms. The standard InChI is InChI=1S/C32H41N3O6/c1-8-20(6)41-30-15-22(11-14-27(30)36)21(7)34-25-13-10-24(17-29(25)40-19(4)5)32(38)35-26-12-9-23(31(33)37)16-28(26)39-18(2)3/h9-10,12-13,15-20,34,36H,7-8,11,14H2,1-6H3,(H2,33,37)(H,35,38). The van der Waals surface area contributed by atoms with Gasteiger partial charge in [0.2, 0.25) is 5.91 Å². The van der Waals surface area contributed by atoms with Crippen LogP contribution in [0.25, 0.3) is 0 Å². The summed E-state index contributed by atoms with van der Waals surface area (Å²) in [6.07, 6.45) is 3.32. The minimum absolute atomic E-state index is 0.0252. The van der Waals surface area contributed by atoms with E-state index in [9.17, 15) is 14.7 Å². The number of carbonyl (C=O) groups is 2. The summed E-state index contributed by atoms with van der Waals surface area (Å²) < 4.78 is 17.7. The number of primary amides is 1. The number of benzene rings is 2. The maximum absolute atomic E-state index is 13.3. The molecule has 0 aliphatic heterocycles. The van der Waals surface area contributed by atoms with Gasteiger partial charge < -0.3 is 35.7 Å². The Morgan fingerprint density at radius 1 is 0.902 bits per heavy atom. The first-order valence-corrected chi connectivity index (χ1v) is 13.9. The van der Waals surface area contributed by atoms with Gasteiger partial charge >= 0.3 is 0 Å². The van der Waals surface area contributed by atoms with Crippen LogP contribution in [-0.4, -0.2) is 35.2 Å². The normalized spacial score (nSPS) is 13.9. The Balaban J connectivity index is 1.85. The van der Waals surface area contributed by atoms with Crippen molar-refractivity contribution in [3.05, 3.63) is 83.0 Å². The first kappa shape index (κ1) is 31.1. The van der Waals surface area contributed by atoms with Crippen molar-refractivity contribution in [2.75, 3.05) is 10.6 Å². The van der Waals surface area contributed by atoms with E-state index in [-0.39, 0.29) is 35.5 Å². The summed E-state index contributed by atoms with van der Waals surface area (Å²) in [6, 6.07) is 9.72. The number of nitrogens with two attached hydrogens (primary N) is 1. The van der Waals surface area contributed by atoms with Crippen LogP contribution in [0, 0.1) is 0 Å². The summed E-state index contributed by atoms with van der Waals surface area (Å²) in [5.74, 6) is 0.531. The molecule has 3 rings (SSSR count). The molecular formula is C32H41N3O6. The Bertz CT molecular complexity index is 1360. The molecule has 0 fully saturated rings. The van der Waals surface area contributed by atoms with E-state index in [1.165, 1.54) is 12.1 Å². The third-order valence-corrected chi connectivity index (χ3v) is 6.28. The fourth-order valence-electron chi connectivity index (χ4n) is 4.02. The number of nitrogens with one attached hydrogen (secondary N) is 2. The summed E-state index contributed by atoms with van der Waals surface area (Å²) >= 11 is 0. The zero-order valence-electron chi connectivity index (χ0n) is 24.7. The average Bonchev–Trinajstić information content (AvgIpc) is 2.90. The van der Waals surface area contributed by atoms with Crippen molar-refractivity contribution in [2.24, 2.45) is 5.73 Å². The number of aliphatic hydroxyl groups is 1. The number of allylic oxidation sites excluding steroid dienone is 3. The van der Waals surface area contributed by atoms with Gasteiger partial charge in [-0.25, -0.2) is 0 Å². The van der Waals surface area contributed by atoms with Crippen molar-refractivity contribution in [3.63, 3.8) is 0 Å². The van der Waals surface area contributed by atoms with Gasteiger partial charge in [0.25, 0.3) is 5.91 Å². The second kappa shape index (κ2) is 13.8. The molecule has 1 aliphatic carbocycles. The summed E-state index contributed by atoms with van der Waals surface area (Å²) in [7, 11) is 0. The van der Waals surface area contributed by atoms with Crippen molar-refractivity contribution in [2.45, 2.75) is 79.1 Å². The summed E-state index contributed by atoms with van der Waals surface area (Å²) in [5.41, 5.74) is 8.64. The summed E-state index contributed by atoms with van der Waals surface area (Å²) in [5, 5.41) is 16.5. The summed E-state index contributed by atoms with van der Waals surface area (Å²) in [4.78, 5) is 24.9. The van der Waals surface area contributed by atoms with Gasteiger partial charge in [-0.05, 0) is 95.5 Å². The Labute approximate surface area is 242 Å². The maximum Gasteiger partial charge on any atom is 0.255 e. The van der Waals surface area contributed by atoms with Gasteiger partial charge in [0.1, 0.15) is 17.3 Å². The molecule has 0 heterocycles. The second-order valence-electron chi connectivity index (χ2n) is 10.5. The highest BCUT2D eigenvalue weighted by atomic mass is 16.5. The topological polar surface area (TPSA) is 132 Å². The Morgan fingerprint density at radius 3 is 2.02 bits per heavy atom. The van der Waals surface area contributed by atoms with Crippen molar-refractivity contribution >= 4 is 23.2 Å². The minimum Gasteiger partial charge on any atom is -0.508 e. The molecular weight excluding hydrogens is 522 g/mol. The van der Waals surface area contributed by atoms with Crippen LogP contribution >= 0.6 is 0 Å². The monoisotopic (exact) mass is 563 g/mol. The molecule has 0 saturated carbocycles. The number of hydrogen-bond acceptors (Lipinski definition) is 7. The molecule has 1 unspecified atom stereocenters. The van der Waals surface area contributed by atoms with Crippen molar-refractivity contribution in [1.29, 1.82) is 0 Å². The van der Waals surface area contributed by atoms with Crippen molar-refractivity contribution in [1.82, 2.24) is 0 Å². The quantitative estimate of drug-likeness (QED) is 0.210. The Kier molecular flexibility index (Phi) is 10.5. The van der Waals surface area contributed by atoms with E-state index in [1.54, 1.807) is 24.3 Å². The van der Waals surface area contributed by atoms with Gasteiger partial charge in [-0.1, -0.05) is 13.5 Å². The smallest absolute Gasteiger partial charge is 0.255 e. The van der Waals surface area contributed by atoms with E-state index in [2.05, 4.69) is 17.2 Å². The van der Waals surface area contributed by atoms with Gasteiger partial charge in [0.05, 0.1) is 29.7 Å². The van der Waals surface area contributed by atoms with Crippen LogP contribution in [0.1, 0.15) is 81.5 Å². The van der Waals surface area contributed by atoms with Gasteiger partial charge in [-0.3, -0.25) is 9.59 Å². The van der Waals surface area contributed by atoms with Crippen LogP contribution in [0.3, 0.4) is 0 Å². The molecule has 220 valence electrons. The predicted octanol–water partition coefficient (Wildman–Crippen LogP) is 6.84. The number of hydrogen-bond donors (Lipinski definition) is 4. The molecule has 2 aromatic carbocycles. The minimum atomic E-state index is -0.590. The Hall–Kier alpha value is -4.40. The molecule has 0 saturated heterocycles. The van der Waals surface area contributed by atoms with E-state index < -0.39 is 5.91 Å². The van der Waals surface area contributed by atoms with Gasteiger partial charge in [-0.2, -0.15) is 0 Å². The van der Waals surface area contributed by atoms with Gasteiger partial charge in [0.15, 0.2) is 5.76 Å². The lowest BCUT2D eigenvalue weighted by molar-refractivity contribution is 0.0998. The molecule has 0 radical (unpaired) electrons. The SMILES string of the molecule is C=C(Nc1ccc(C(=O)Nc2ccc(C(N)=O)cc2OC(C)C)cc1OC(C)C)C1=CC(OC(C)CC)=C(O)CC1. The average molecular weight is 564 g/mol. The van der Waals surface area contributed by atoms with Crippen LogP contribution in [0.15, 0.2) is 71.8 Å². The van der Waals surface area contributed by atoms with Crippen molar-refractivity contribution < 1.29 is 28.9 Å². The highest BCUT2D eigenvalue weighted by molar-refractivity contribution is 6.06. The van der Waals surface area contributed by atoms with E-state index in [4.69, 9.17) is 19.9 Å². The fourth-order valence-corrected chi connectivity index (χ4v) is 4.02. The zero-order chi connectivity index (χ0) is 30.3. The lowest BCUT2D eigenvalue weighted by Gasteiger charge is -2.23. The van der Waals surface area contributed by atoms with E-state index in [1.807, 2.05) is 47.6 Å². The zero-order valence-corrected chi connectivity index (χ0v) is 24.7. The van der Waals surface area contributed by atoms with E-state index in [0.29, 0.717) is 52.7 Å². The molecule has 2 amide bonds. The van der Waals surface area contributed by atoms with Crippen LogP contribution in [0.5, 0.6) is 11.5 Å². The number of aliphatic hydroxyl groups excluding tert-OH is 1. The molecule has 9 heteroatoms. The highest BCUT2D eigenvalue weighted by Crippen LogP contribution is 2.34. The van der Waals surface area contributed by atoms with Crippen LogP contribution in [0.4, 0.5) is 11.4 Å². The number of rotatable bonds is 13. The lowest BCUT2D eigenvalue weighted by atomic mass is 9.99. The van der Waals surface area contributed by atoms with Crippen LogP contribution < -0.4 is 25.8 Å². The largest absolute Gasteiger partial charge is 0.508 e. The van der Waals surface area contributed by atoms with Gasteiger partial charge in [-0.15, -0.1) is 0 Å². The number of ether oxygens (including phenoxy) is 3. The summed E-state index contributed by atoms with van der Waals surface area (Å²) in [6.45, 7) is 15.7. The van der Waals surface area contributed by atoms with Crippen molar-refractivity contribution in [3.8, 4) is 11.5 Å². The first-order valence-electron chi connectivity index (χ1n) is 13.9. The number of carbonyl (C=O) groups excluding carboxylic acids is 2. The highest BCUT2D eigenvalue weighted by Gasteiger charge is 2.20. The molecule has 9 nitrogen and oxygen atoms in total. The molecule has 1 aliphatic rings.